The number of anilines is 1. The third-order valence-electron chi connectivity index (χ3n) is 3.72. The molecule has 0 bridgehead atoms. The van der Waals surface area contributed by atoms with Gasteiger partial charge in [0.15, 0.2) is 0 Å². The molecule has 0 saturated heterocycles. The second-order valence-corrected chi connectivity index (χ2v) is 4.64. The standard InChI is InChI=1S/C15H9NO3/c17-13-15(9-5-1-3-7-11(9)16-13)10-6-2-4-8-12(10)19-14(15)18/h1-8H,(H,16,17). The topological polar surface area (TPSA) is 55.4 Å². The predicted molar refractivity (Wildman–Crippen MR) is 67.9 cm³/mol. The zero-order valence-electron chi connectivity index (χ0n) is 9.84. The highest BCUT2D eigenvalue weighted by atomic mass is 16.5. The molecule has 0 fully saturated rings. The average Bonchev–Trinajstić information content (AvgIpc) is 2.88. The lowest BCUT2D eigenvalue weighted by molar-refractivity contribution is -0.140. The summed E-state index contributed by atoms with van der Waals surface area (Å²) < 4.78 is 5.27. The van der Waals surface area contributed by atoms with Gasteiger partial charge in [-0.05, 0) is 12.1 Å². The minimum Gasteiger partial charge on any atom is -0.425 e. The molecule has 2 heterocycles. The van der Waals surface area contributed by atoms with E-state index in [0.29, 0.717) is 22.6 Å². The number of hydrogen-bond donors (Lipinski definition) is 1. The summed E-state index contributed by atoms with van der Waals surface area (Å²) in [6, 6.07) is 14.3. The van der Waals surface area contributed by atoms with Gasteiger partial charge in [0.1, 0.15) is 5.75 Å². The van der Waals surface area contributed by atoms with Crippen molar-refractivity contribution >= 4 is 17.6 Å². The average molecular weight is 251 g/mol. The van der Waals surface area contributed by atoms with Gasteiger partial charge < -0.3 is 10.1 Å². The van der Waals surface area contributed by atoms with Crippen molar-refractivity contribution in [2.45, 2.75) is 5.41 Å². The molecule has 2 aromatic carbocycles. The minimum atomic E-state index is -1.34. The number of para-hydroxylation sites is 2. The van der Waals surface area contributed by atoms with Crippen LogP contribution in [0.3, 0.4) is 0 Å². The van der Waals surface area contributed by atoms with Crippen molar-refractivity contribution in [1.29, 1.82) is 0 Å². The molecular formula is C15H9NO3. The fourth-order valence-corrected chi connectivity index (χ4v) is 2.88. The maximum Gasteiger partial charge on any atom is 0.336 e. The van der Waals surface area contributed by atoms with Crippen LogP contribution in [0.15, 0.2) is 48.5 Å². The molecule has 0 saturated carbocycles. The monoisotopic (exact) mass is 251 g/mol. The zero-order chi connectivity index (χ0) is 13.0. The Labute approximate surface area is 109 Å². The lowest BCUT2D eigenvalue weighted by atomic mass is 9.76. The van der Waals surface area contributed by atoms with Crippen LogP contribution in [0.2, 0.25) is 0 Å². The molecule has 2 aliphatic rings. The fraction of sp³-hybridized carbons (Fsp3) is 0.0667. The van der Waals surface area contributed by atoms with E-state index >= 15 is 0 Å². The maximum atomic E-state index is 12.4. The van der Waals surface area contributed by atoms with Gasteiger partial charge in [0.2, 0.25) is 5.41 Å². The van der Waals surface area contributed by atoms with Gasteiger partial charge in [-0.15, -0.1) is 0 Å². The number of nitrogens with one attached hydrogen (secondary N) is 1. The predicted octanol–water partition coefficient (Wildman–Crippen LogP) is 1.84. The van der Waals surface area contributed by atoms with Gasteiger partial charge in [-0.1, -0.05) is 36.4 Å². The number of carbonyl (C=O) groups is 2. The van der Waals surface area contributed by atoms with Crippen LogP contribution in [0.4, 0.5) is 5.69 Å². The molecule has 1 atom stereocenters. The van der Waals surface area contributed by atoms with E-state index in [1.807, 2.05) is 12.1 Å². The number of fused-ring (bicyclic) bond motifs is 4. The number of amides is 1. The summed E-state index contributed by atoms with van der Waals surface area (Å²) in [7, 11) is 0. The first-order valence-corrected chi connectivity index (χ1v) is 5.97. The van der Waals surface area contributed by atoms with Crippen molar-refractivity contribution < 1.29 is 14.3 Å². The number of rotatable bonds is 0. The van der Waals surface area contributed by atoms with E-state index < -0.39 is 11.4 Å². The highest BCUT2D eigenvalue weighted by Gasteiger charge is 2.60. The van der Waals surface area contributed by atoms with E-state index in [9.17, 15) is 9.59 Å². The fourth-order valence-electron chi connectivity index (χ4n) is 2.88. The smallest absolute Gasteiger partial charge is 0.336 e. The van der Waals surface area contributed by atoms with Gasteiger partial charge in [0.25, 0.3) is 5.91 Å². The van der Waals surface area contributed by atoms with Crippen molar-refractivity contribution in [3.63, 3.8) is 0 Å². The van der Waals surface area contributed by atoms with E-state index in [2.05, 4.69) is 5.32 Å². The Kier molecular flexibility index (Phi) is 1.75. The van der Waals surface area contributed by atoms with Crippen LogP contribution in [-0.4, -0.2) is 11.9 Å². The summed E-state index contributed by atoms with van der Waals surface area (Å²) in [6.07, 6.45) is 0. The lowest BCUT2D eigenvalue weighted by Crippen LogP contribution is -2.41. The normalized spacial score (nSPS) is 22.9. The Bertz CT molecular complexity index is 672. The molecule has 4 nitrogen and oxygen atoms in total. The van der Waals surface area contributed by atoms with Crippen molar-refractivity contribution in [2.75, 3.05) is 5.32 Å². The molecule has 92 valence electrons. The van der Waals surface area contributed by atoms with Crippen molar-refractivity contribution in [1.82, 2.24) is 0 Å². The summed E-state index contributed by atoms with van der Waals surface area (Å²) in [5, 5.41) is 2.76. The first kappa shape index (κ1) is 10.3. The molecule has 4 rings (SSSR count). The summed E-state index contributed by atoms with van der Waals surface area (Å²) in [5.41, 5.74) is 0.603. The van der Waals surface area contributed by atoms with Crippen molar-refractivity contribution in [3.8, 4) is 5.75 Å². The summed E-state index contributed by atoms with van der Waals surface area (Å²) >= 11 is 0. The summed E-state index contributed by atoms with van der Waals surface area (Å²) in [4.78, 5) is 24.8. The number of benzene rings is 2. The van der Waals surface area contributed by atoms with Crippen molar-refractivity contribution in [2.24, 2.45) is 0 Å². The van der Waals surface area contributed by atoms with Crippen LogP contribution in [0.25, 0.3) is 0 Å². The Hall–Kier alpha value is -2.62. The summed E-state index contributed by atoms with van der Waals surface area (Å²) in [6.45, 7) is 0. The number of esters is 1. The molecule has 4 heteroatoms. The van der Waals surface area contributed by atoms with Gasteiger partial charge in [-0.25, -0.2) is 4.79 Å². The highest BCUT2D eigenvalue weighted by molar-refractivity contribution is 6.24. The Morgan fingerprint density at radius 3 is 2.42 bits per heavy atom. The van der Waals surface area contributed by atoms with Gasteiger partial charge in [0, 0.05) is 16.8 Å². The molecule has 0 radical (unpaired) electrons. The number of hydrogen-bond acceptors (Lipinski definition) is 3. The zero-order valence-corrected chi connectivity index (χ0v) is 9.84. The Balaban J connectivity index is 2.10. The minimum absolute atomic E-state index is 0.344. The molecular weight excluding hydrogens is 242 g/mol. The molecule has 2 aliphatic heterocycles. The largest absolute Gasteiger partial charge is 0.425 e. The first-order valence-electron chi connectivity index (χ1n) is 5.97. The van der Waals surface area contributed by atoms with E-state index in [-0.39, 0.29) is 5.91 Å². The van der Waals surface area contributed by atoms with Crippen LogP contribution in [0.1, 0.15) is 11.1 Å². The molecule has 0 aromatic heterocycles. The number of ether oxygens (including phenoxy) is 1. The van der Waals surface area contributed by atoms with Gasteiger partial charge >= 0.3 is 5.97 Å². The van der Waals surface area contributed by atoms with E-state index in [1.54, 1.807) is 36.4 Å². The molecule has 1 unspecified atom stereocenters. The SMILES string of the molecule is O=C1Nc2ccccc2C12C(=O)Oc1ccccc12. The van der Waals surface area contributed by atoms with Gasteiger partial charge in [-0.3, -0.25) is 4.79 Å². The van der Waals surface area contributed by atoms with E-state index in [4.69, 9.17) is 4.74 Å². The molecule has 2 aromatic rings. The highest BCUT2D eigenvalue weighted by Crippen LogP contribution is 2.50. The molecule has 19 heavy (non-hydrogen) atoms. The quantitative estimate of drug-likeness (QED) is 0.441. The third kappa shape index (κ3) is 1.04. The van der Waals surface area contributed by atoms with Crippen LogP contribution in [0.5, 0.6) is 5.75 Å². The van der Waals surface area contributed by atoms with Gasteiger partial charge in [0.05, 0.1) is 0 Å². The molecule has 1 N–H and O–H groups in total. The number of carbonyl (C=O) groups excluding carboxylic acids is 2. The van der Waals surface area contributed by atoms with E-state index in [1.165, 1.54) is 0 Å². The maximum absolute atomic E-state index is 12.4. The third-order valence-corrected chi connectivity index (χ3v) is 3.72. The van der Waals surface area contributed by atoms with Crippen LogP contribution in [0, 0.1) is 0 Å². The van der Waals surface area contributed by atoms with Crippen LogP contribution in [-0.2, 0) is 15.0 Å². The lowest BCUT2D eigenvalue weighted by Gasteiger charge is -2.17. The van der Waals surface area contributed by atoms with E-state index in [0.717, 1.165) is 0 Å². The molecule has 1 spiro atoms. The second-order valence-electron chi connectivity index (χ2n) is 4.64. The second kappa shape index (κ2) is 3.23. The Morgan fingerprint density at radius 1 is 0.895 bits per heavy atom. The van der Waals surface area contributed by atoms with Crippen molar-refractivity contribution in [3.05, 3.63) is 59.7 Å². The Morgan fingerprint density at radius 2 is 1.58 bits per heavy atom. The van der Waals surface area contributed by atoms with Gasteiger partial charge in [-0.2, -0.15) is 0 Å². The van der Waals surface area contributed by atoms with Crippen LogP contribution >= 0.6 is 0 Å². The molecule has 1 amide bonds. The summed E-state index contributed by atoms with van der Waals surface area (Å²) in [5.74, 6) is -0.417. The van der Waals surface area contributed by atoms with Crippen LogP contribution < -0.4 is 10.1 Å². The molecule has 0 aliphatic carbocycles. The first-order chi connectivity index (χ1) is 9.24.